The molecule has 3 aliphatic rings. The van der Waals surface area contributed by atoms with Gasteiger partial charge in [-0.25, -0.2) is 0 Å². The summed E-state index contributed by atoms with van der Waals surface area (Å²) in [5.41, 5.74) is 5.30. The van der Waals surface area contributed by atoms with E-state index in [1.54, 1.807) is 5.56 Å². The van der Waals surface area contributed by atoms with Crippen LogP contribution in [0.2, 0.25) is 0 Å². The van der Waals surface area contributed by atoms with Crippen molar-refractivity contribution in [3.05, 3.63) is 41.1 Å². The zero-order valence-corrected chi connectivity index (χ0v) is 14.6. The Morgan fingerprint density at radius 3 is 2.83 bits per heavy atom. The highest BCUT2D eigenvalue weighted by Crippen LogP contribution is 2.42. The Balaban J connectivity index is 1.32. The molecule has 126 valence electrons. The number of nitrogens with one attached hydrogen (secondary N) is 2. The van der Waals surface area contributed by atoms with Crippen molar-refractivity contribution in [2.45, 2.75) is 49.7 Å². The third-order valence-corrected chi connectivity index (χ3v) is 7.88. The molecule has 24 heavy (non-hydrogen) atoms. The minimum Gasteiger partial charge on any atom is -0.372 e. The van der Waals surface area contributed by atoms with Crippen LogP contribution in [0.15, 0.2) is 24.3 Å². The molecule has 1 aliphatic carbocycles. The maximum Gasteiger partial charge on any atom is 0.152 e. The molecule has 1 aromatic carbocycles. The fourth-order valence-corrected chi connectivity index (χ4v) is 6.43. The minimum absolute atomic E-state index is 0.189. The second-order valence-corrected chi connectivity index (χ2v) is 9.13. The summed E-state index contributed by atoms with van der Waals surface area (Å²) in [7, 11) is 0.516. The zero-order chi connectivity index (χ0) is 15.9. The summed E-state index contributed by atoms with van der Waals surface area (Å²) in [6, 6.07) is 8.90. The fourth-order valence-electron chi connectivity index (χ4n) is 3.76. The number of hydrogen-bond acceptors (Lipinski definition) is 3. The summed E-state index contributed by atoms with van der Waals surface area (Å²) in [5.74, 6) is 3.41. The number of anilines is 2. The van der Waals surface area contributed by atoms with Gasteiger partial charge in [0, 0.05) is 29.9 Å². The van der Waals surface area contributed by atoms with E-state index in [9.17, 15) is 0 Å². The fraction of sp³-hybridized carbons (Fsp3) is 0.474. The second-order valence-electron chi connectivity index (χ2n) is 6.99. The molecule has 1 saturated carbocycles. The van der Waals surface area contributed by atoms with Gasteiger partial charge in [0.2, 0.25) is 0 Å². The molecule has 0 radical (unpaired) electrons. The van der Waals surface area contributed by atoms with E-state index in [1.165, 1.54) is 36.3 Å². The van der Waals surface area contributed by atoms with Crippen LogP contribution in [0.5, 0.6) is 0 Å². The van der Waals surface area contributed by atoms with E-state index >= 15 is 0 Å². The van der Waals surface area contributed by atoms with Gasteiger partial charge in [-0.15, -0.1) is 0 Å². The first kappa shape index (κ1) is 14.7. The Bertz CT molecular complexity index is 799. The monoisotopic (exact) mass is 341 g/mol. The van der Waals surface area contributed by atoms with Gasteiger partial charge in [0.25, 0.3) is 0 Å². The normalized spacial score (nSPS) is 25.6. The number of benzene rings is 1. The second kappa shape index (κ2) is 6.05. The Kier molecular flexibility index (Phi) is 3.71. The number of fused-ring (bicyclic) bond motifs is 1. The highest BCUT2D eigenvalue weighted by atomic mass is 32.2. The van der Waals surface area contributed by atoms with Gasteiger partial charge in [0.1, 0.15) is 0 Å². The van der Waals surface area contributed by atoms with Crippen LogP contribution in [-0.2, 0) is 16.2 Å². The largest absolute Gasteiger partial charge is 0.372 e. The third-order valence-electron chi connectivity index (χ3n) is 5.33. The maximum absolute atomic E-state index is 5.71. The predicted molar refractivity (Wildman–Crippen MR) is 100 cm³/mol. The van der Waals surface area contributed by atoms with Crippen molar-refractivity contribution in [1.29, 1.82) is 0 Å². The van der Waals surface area contributed by atoms with Crippen molar-refractivity contribution >= 4 is 26.9 Å². The van der Waals surface area contributed by atoms with E-state index in [4.69, 9.17) is 4.74 Å². The lowest BCUT2D eigenvalue weighted by Gasteiger charge is -2.20. The molecule has 2 atom stereocenters. The highest BCUT2D eigenvalue weighted by molar-refractivity contribution is 8.14. The molecule has 2 aliphatic heterocycles. The van der Waals surface area contributed by atoms with E-state index in [0.29, 0.717) is 10.5 Å². The Morgan fingerprint density at radius 1 is 1.12 bits per heavy atom. The standard InChI is InChI=1S/C19H23N3OS/c1-3-16(4-1)24-11-13-6-7-15(9-14(13)12-24)20-19-10-17(21-22-19)18-5-2-8-23-18/h6-7,9-10,18H,1-5,8,11-12H2,(H2,20,21,22). The molecule has 2 fully saturated rings. The first-order valence-electron chi connectivity index (χ1n) is 8.93. The highest BCUT2D eigenvalue weighted by Gasteiger charge is 2.22. The average Bonchev–Trinajstić information content (AvgIpc) is 3.24. The molecule has 4 nitrogen and oxygen atoms in total. The van der Waals surface area contributed by atoms with Crippen LogP contribution in [0.3, 0.4) is 0 Å². The molecule has 1 aromatic heterocycles. The van der Waals surface area contributed by atoms with Gasteiger partial charge < -0.3 is 10.1 Å². The molecule has 3 heterocycles. The van der Waals surface area contributed by atoms with Crippen molar-refractivity contribution < 1.29 is 4.74 Å². The molecule has 5 rings (SSSR count). The van der Waals surface area contributed by atoms with Gasteiger partial charge in [-0.3, -0.25) is 5.10 Å². The quantitative estimate of drug-likeness (QED) is 0.799. The lowest BCUT2D eigenvalue weighted by molar-refractivity contribution is 0.108. The van der Waals surface area contributed by atoms with Gasteiger partial charge >= 0.3 is 0 Å². The Labute approximate surface area is 144 Å². The lowest BCUT2D eigenvalue weighted by atomic mass is 10.0. The van der Waals surface area contributed by atoms with E-state index in [0.717, 1.165) is 36.6 Å². The van der Waals surface area contributed by atoms with Gasteiger partial charge in [0.05, 0.1) is 11.8 Å². The number of aromatic amines is 1. The van der Waals surface area contributed by atoms with Crippen molar-refractivity contribution in [3.8, 4) is 0 Å². The summed E-state index contributed by atoms with van der Waals surface area (Å²) in [6.45, 7) is 0.859. The smallest absolute Gasteiger partial charge is 0.152 e. The Hall–Kier alpha value is -1.59. The molecule has 0 amide bonds. The molecule has 2 aromatic rings. The van der Waals surface area contributed by atoms with Crippen molar-refractivity contribution in [2.75, 3.05) is 11.9 Å². The third kappa shape index (κ3) is 2.70. The van der Waals surface area contributed by atoms with Crippen LogP contribution in [0, 0.1) is 0 Å². The number of rotatable bonds is 3. The summed E-state index contributed by atoms with van der Waals surface area (Å²) < 4.78 is 5.71. The van der Waals surface area contributed by atoms with Gasteiger partial charge in [-0.2, -0.15) is 15.6 Å². The number of nitrogens with zero attached hydrogens (tertiary/aromatic N) is 1. The molecule has 0 bridgehead atoms. The molecule has 0 spiro atoms. The van der Waals surface area contributed by atoms with Crippen LogP contribution in [-0.4, -0.2) is 21.7 Å². The molecule has 2 unspecified atom stereocenters. The SMILES string of the molecule is c1cc2c(cc1Nc1cc(C3CCCO3)[nH]n1)CS(=C1CCC1)C2. The first-order chi connectivity index (χ1) is 11.8. The molecular weight excluding hydrogens is 318 g/mol. The number of hydrogen-bond donors (Lipinski definition) is 2. The lowest BCUT2D eigenvalue weighted by Crippen LogP contribution is -2.09. The van der Waals surface area contributed by atoms with Crippen molar-refractivity contribution in [1.82, 2.24) is 10.2 Å². The topological polar surface area (TPSA) is 49.9 Å². The average molecular weight is 341 g/mol. The molecular formula is C19H23N3OS. The van der Waals surface area contributed by atoms with E-state index in [-0.39, 0.29) is 6.10 Å². The summed E-state index contributed by atoms with van der Waals surface area (Å²) in [6.07, 6.45) is 6.58. The van der Waals surface area contributed by atoms with Gasteiger partial charge in [-0.1, -0.05) is 6.07 Å². The number of aromatic nitrogens is 2. The molecule has 1 saturated heterocycles. The van der Waals surface area contributed by atoms with Crippen LogP contribution < -0.4 is 5.32 Å². The first-order valence-corrected chi connectivity index (χ1v) is 10.5. The van der Waals surface area contributed by atoms with E-state index < -0.39 is 0 Å². The Morgan fingerprint density at radius 2 is 2.04 bits per heavy atom. The van der Waals surface area contributed by atoms with Gasteiger partial charge in [-0.05, 0) is 60.2 Å². The van der Waals surface area contributed by atoms with Crippen molar-refractivity contribution in [3.63, 3.8) is 0 Å². The van der Waals surface area contributed by atoms with E-state index in [2.05, 4.69) is 39.8 Å². The summed E-state index contributed by atoms with van der Waals surface area (Å²) in [4.78, 5) is 1.83. The predicted octanol–water partition coefficient (Wildman–Crippen LogP) is 4.64. The zero-order valence-electron chi connectivity index (χ0n) is 13.8. The minimum atomic E-state index is 0.189. The molecule has 5 heteroatoms. The summed E-state index contributed by atoms with van der Waals surface area (Å²) in [5, 5.41) is 11.0. The van der Waals surface area contributed by atoms with E-state index in [1.807, 2.05) is 4.86 Å². The van der Waals surface area contributed by atoms with Crippen LogP contribution in [0.25, 0.3) is 0 Å². The van der Waals surface area contributed by atoms with Crippen LogP contribution >= 0.6 is 10.5 Å². The number of H-pyrrole nitrogens is 1. The van der Waals surface area contributed by atoms with Gasteiger partial charge in [0.15, 0.2) is 5.82 Å². The van der Waals surface area contributed by atoms with Crippen molar-refractivity contribution in [2.24, 2.45) is 0 Å². The number of ether oxygens (including phenoxy) is 1. The summed E-state index contributed by atoms with van der Waals surface area (Å²) >= 11 is 0. The van der Waals surface area contributed by atoms with Crippen LogP contribution in [0.4, 0.5) is 11.5 Å². The maximum atomic E-state index is 5.71. The molecule has 2 N–H and O–H groups in total. The van der Waals surface area contributed by atoms with Crippen LogP contribution in [0.1, 0.15) is 55.0 Å².